The van der Waals surface area contributed by atoms with Crippen molar-refractivity contribution in [3.63, 3.8) is 0 Å². The molecular weight excluding hydrogens is 458 g/mol. The first-order valence-electron chi connectivity index (χ1n) is 10.2. The summed E-state index contributed by atoms with van der Waals surface area (Å²) in [5.41, 5.74) is 3.69. The Morgan fingerprint density at radius 2 is 1.88 bits per heavy atom. The van der Waals surface area contributed by atoms with Crippen molar-refractivity contribution < 1.29 is 13.9 Å². The summed E-state index contributed by atoms with van der Waals surface area (Å²) in [7, 11) is 0. The average Bonchev–Trinajstić information content (AvgIpc) is 3.23. The first kappa shape index (κ1) is 22.5. The van der Waals surface area contributed by atoms with Gasteiger partial charge in [-0.05, 0) is 85.4 Å². The molecular formula is C25H20ClN3O3S. The van der Waals surface area contributed by atoms with E-state index in [2.05, 4.69) is 15.6 Å². The van der Waals surface area contributed by atoms with Crippen molar-refractivity contribution in [1.82, 2.24) is 10.3 Å². The highest BCUT2D eigenvalue weighted by atomic mass is 35.5. The molecule has 0 aliphatic carbocycles. The van der Waals surface area contributed by atoms with E-state index < -0.39 is 0 Å². The number of amides is 1. The summed E-state index contributed by atoms with van der Waals surface area (Å²) in [6.07, 6.45) is 3.08. The Bertz CT molecular complexity index is 1320. The molecule has 0 unspecified atom stereocenters. The summed E-state index contributed by atoms with van der Waals surface area (Å²) in [4.78, 5) is 16.7. The molecule has 1 heterocycles. The zero-order chi connectivity index (χ0) is 23.2. The van der Waals surface area contributed by atoms with Crippen molar-refractivity contribution in [2.45, 2.75) is 6.92 Å². The number of carbonyl (C=O) groups excluding carboxylic acids is 1. The van der Waals surface area contributed by atoms with Crippen LogP contribution in [0.15, 0.2) is 77.2 Å². The van der Waals surface area contributed by atoms with Gasteiger partial charge in [0.2, 0.25) is 11.8 Å². The molecule has 2 N–H and O–H groups in total. The highest BCUT2D eigenvalue weighted by Crippen LogP contribution is 2.27. The highest BCUT2D eigenvalue weighted by Gasteiger charge is 2.10. The lowest BCUT2D eigenvalue weighted by Crippen LogP contribution is -2.32. The van der Waals surface area contributed by atoms with Gasteiger partial charge in [-0.25, -0.2) is 4.98 Å². The number of benzene rings is 3. The van der Waals surface area contributed by atoms with E-state index in [9.17, 15) is 4.79 Å². The van der Waals surface area contributed by atoms with Crippen LogP contribution in [0.25, 0.3) is 28.6 Å². The van der Waals surface area contributed by atoms with Gasteiger partial charge in [0.1, 0.15) is 11.3 Å². The van der Waals surface area contributed by atoms with Gasteiger partial charge in [-0.1, -0.05) is 23.7 Å². The second-order valence-corrected chi connectivity index (χ2v) is 7.83. The topological polar surface area (TPSA) is 76.4 Å². The molecule has 0 spiro atoms. The van der Waals surface area contributed by atoms with Crippen molar-refractivity contribution in [3.05, 3.63) is 83.4 Å². The Kier molecular flexibility index (Phi) is 7.02. The molecule has 0 aliphatic rings. The van der Waals surface area contributed by atoms with Crippen molar-refractivity contribution in [2.24, 2.45) is 0 Å². The fraction of sp³-hybridized carbons (Fsp3) is 0.0800. The number of nitrogens with zero attached hydrogens (tertiary/aromatic N) is 1. The monoisotopic (exact) mass is 477 g/mol. The van der Waals surface area contributed by atoms with Gasteiger partial charge in [0, 0.05) is 22.3 Å². The molecule has 3 aromatic carbocycles. The number of carbonyl (C=O) groups is 1. The number of halogens is 1. The number of aromatic nitrogens is 1. The van der Waals surface area contributed by atoms with Crippen LogP contribution in [0.5, 0.6) is 5.75 Å². The fourth-order valence-electron chi connectivity index (χ4n) is 3.05. The fourth-order valence-corrected chi connectivity index (χ4v) is 3.40. The van der Waals surface area contributed by atoms with Crippen LogP contribution >= 0.6 is 23.8 Å². The minimum Gasteiger partial charge on any atom is -0.494 e. The Balaban J connectivity index is 1.39. The van der Waals surface area contributed by atoms with Gasteiger partial charge < -0.3 is 14.5 Å². The highest BCUT2D eigenvalue weighted by molar-refractivity contribution is 7.80. The summed E-state index contributed by atoms with van der Waals surface area (Å²) < 4.78 is 11.3. The predicted molar refractivity (Wildman–Crippen MR) is 135 cm³/mol. The second kappa shape index (κ2) is 10.3. The van der Waals surface area contributed by atoms with E-state index in [1.165, 1.54) is 6.08 Å². The predicted octanol–water partition coefficient (Wildman–Crippen LogP) is 6.07. The third kappa shape index (κ3) is 5.97. The van der Waals surface area contributed by atoms with E-state index >= 15 is 0 Å². The summed E-state index contributed by atoms with van der Waals surface area (Å²) in [5, 5.41) is 6.42. The normalized spacial score (nSPS) is 11.0. The molecule has 4 aromatic rings. The van der Waals surface area contributed by atoms with Crippen LogP contribution in [0.4, 0.5) is 5.69 Å². The number of rotatable bonds is 6. The Labute approximate surface area is 201 Å². The Morgan fingerprint density at radius 3 is 2.61 bits per heavy atom. The summed E-state index contributed by atoms with van der Waals surface area (Å²) >= 11 is 11.1. The summed E-state index contributed by atoms with van der Waals surface area (Å²) in [6.45, 7) is 2.55. The number of thiocarbonyl (C=S) groups is 1. The van der Waals surface area contributed by atoms with E-state index in [0.29, 0.717) is 34.3 Å². The van der Waals surface area contributed by atoms with Gasteiger partial charge in [0.25, 0.3) is 0 Å². The minimum atomic E-state index is -0.345. The van der Waals surface area contributed by atoms with Crippen LogP contribution in [-0.2, 0) is 4.79 Å². The van der Waals surface area contributed by atoms with E-state index in [1.807, 2.05) is 43.3 Å². The Morgan fingerprint density at radius 1 is 1.12 bits per heavy atom. The molecule has 0 aliphatic heterocycles. The number of fused-ring (bicyclic) bond motifs is 1. The molecule has 0 fully saturated rings. The molecule has 8 heteroatoms. The van der Waals surface area contributed by atoms with Crippen molar-refractivity contribution in [1.29, 1.82) is 0 Å². The molecule has 0 saturated heterocycles. The number of nitrogens with one attached hydrogen (secondary N) is 2. The third-order valence-corrected chi connectivity index (χ3v) is 5.05. The van der Waals surface area contributed by atoms with Gasteiger partial charge in [-0.3, -0.25) is 10.1 Å². The largest absolute Gasteiger partial charge is 0.494 e. The van der Waals surface area contributed by atoms with Gasteiger partial charge in [-0.2, -0.15) is 0 Å². The van der Waals surface area contributed by atoms with E-state index in [-0.39, 0.29) is 11.0 Å². The van der Waals surface area contributed by atoms with Crippen LogP contribution in [-0.4, -0.2) is 22.6 Å². The zero-order valence-corrected chi connectivity index (χ0v) is 19.2. The summed E-state index contributed by atoms with van der Waals surface area (Å²) in [5.74, 6) is 0.957. The number of ether oxygens (including phenoxy) is 1. The average molecular weight is 478 g/mol. The molecule has 0 radical (unpaired) electrons. The second-order valence-electron chi connectivity index (χ2n) is 6.99. The molecule has 0 bridgehead atoms. The maximum Gasteiger partial charge on any atom is 0.250 e. The molecule has 0 saturated carbocycles. The van der Waals surface area contributed by atoms with Crippen LogP contribution in [0.2, 0.25) is 5.02 Å². The lowest BCUT2D eigenvalue weighted by atomic mass is 10.2. The molecule has 166 valence electrons. The van der Waals surface area contributed by atoms with Gasteiger partial charge in [0.15, 0.2) is 10.7 Å². The van der Waals surface area contributed by atoms with E-state index in [4.69, 9.17) is 33.0 Å². The maximum absolute atomic E-state index is 12.1. The zero-order valence-electron chi connectivity index (χ0n) is 17.7. The number of oxazole rings is 1. The van der Waals surface area contributed by atoms with Gasteiger partial charge in [-0.15, -0.1) is 0 Å². The SMILES string of the molecule is CCOc1ccc(-c2nc3cc(NC(=S)NC(=O)/C=C/c4ccc(Cl)cc4)ccc3o2)cc1. The standard InChI is InChI=1S/C25H20ClN3O3S/c1-2-31-20-11-6-17(7-12-20)24-28-21-15-19(10-13-22(21)32-24)27-25(33)29-23(30)14-5-16-3-8-18(26)9-4-16/h3-15H,2H2,1H3,(H2,27,29,30,33)/b14-5+. The third-order valence-electron chi connectivity index (χ3n) is 4.59. The molecule has 1 amide bonds. The number of anilines is 1. The smallest absolute Gasteiger partial charge is 0.250 e. The molecule has 1 aromatic heterocycles. The maximum atomic E-state index is 12.1. The van der Waals surface area contributed by atoms with Gasteiger partial charge >= 0.3 is 0 Å². The molecule has 0 atom stereocenters. The minimum absolute atomic E-state index is 0.176. The van der Waals surface area contributed by atoms with Crippen LogP contribution in [0.1, 0.15) is 12.5 Å². The van der Waals surface area contributed by atoms with Crippen molar-refractivity contribution in [3.8, 4) is 17.2 Å². The lowest BCUT2D eigenvalue weighted by Gasteiger charge is -2.07. The Hall–Kier alpha value is -3.68. The molecule has 6 nitrogen and oxygen atoms in total. The van der Waals surface area contributed by atoms with Crippen molar-refractivity contribution >= 4 is 57.7 Å². The van der Waals surface area contributed by atoms with Crippen LogP contribution in [0, 0.1) is 0 Å². The lowest BCUT2D eigenvalue weighted by molar-refractivity contribution is -0.115. The number of hydrogen-bond donors (Lipinski definition) is 2. The van der Waals surface area contributed by atoms with Crippen LogP contribution < -0.4 is 15.4 Å². The molecule has 33 heavy (non-hydrogen) atoms. The first-order valence-corrected chi connectivity index (χ1v) is 11.0. The van der Waals surface area contributed by atoms with Gasteiger partial charge in [0.05, 0.1) is 6.61 Å². The number of hydrogen-bond acceptors (Lipinski definition) is 5. The van der Waals surface area contributed by atoms with E-state index in [0.717, 1.165) is 16.9 Å². The quantitative estimate of drug-likeness (QED) is 0.259. The van der Waals surface area contributed by atoms with Crippen LogP contribution in [0.3, 0.4) is 0 Å². The van der Waals surface area contributed by atoms with E-state index in [1.54, 1.807) is 36.4 Å². The summed E-state index contributed by atoms with van der Waals surface area (Å²) in [6, 6.07) is 20.1. The molecule has 4 rings (SSSR count). The van der Waals surface area contributed by atoms with Crippen molar-refractivity contribution in [2.75, 3.05) is 11.9 Å². The first-order chi connectivity index (χ1) is 16.0.